The van der Waals surface area contributed by atoms with Crippen LogP contribution in [0.5, 0.6) is 0 Å². The van der Waals surface area contributed by atoms with Crippen LogP contribution in [0.1, 0.15) is 26.7 Å². The van der Waals surface area contributed by atoms with E-state index in [-0.39, 0.29) is 48.5 Å². The van der Waals surface area contributed by atoms with Crippen molar-refractivity contribution < 1.29 is 9.53 Å². The average molecular weight is 436 g/mol. The molecule has 6 nitrogen and oxygen atoms in total. The smallest absolute Gasteiger partial charge is 0.228 e. The quantitative estimate of drug-likeness (QED) is 0.633. The fourth-order valence-corrected chi connectivity index (χ4v) is 3.70. The van der Waals surface area contributed by atoms with Gasteiger partial charge in [-0.15, -0.1) is 37.2 Å². The molecule has 0 aromatic carbocycles. The van der Waals surface area contributed by atoms with Crippen LogP contribution < -0.4 is 10.6 Å². The number of halogens is 3. The maximum atomic E-state index is 12.7. The van der Waals surface area contributed by atoms with Crippen LogP contribution in [0.4, 0.5) is 0 Å². The molecule has 0 aromatic heterocycles. The van der Waals surface area contributed by atoms with Crippen molar-refractivity contribution in [2.75, 3.05) is 66.1 Å². The highest BCUT2D eigenvalue weighted by atomic mass is 35.5. The molecule has 158 valence electrons. The SMILES string of the molecule is CCN1CCN(C(C)CNC(=O)C2(COC)CCNCC2)CC1.Cl.Cl.Cl. The van der Waals surface area contributed by atoms with Gasteiger partial charge in [0.25, 0.3) is 0 Å². The lowest BCUT2D eigenvalue weighted by Crippen LogP contribution is -2.55. The molecule has 2 saturated heterocycles. The topological polar surface area (TPSA) is 56.8 Å². The first-order chi connectivity index (χ1) is 11.1. The van der Waals surface area contributed by atoms with Gasteiger partial charge < -0.3 is 20.3 Å². The third-order valence-corrected chi connectivity index (χ3v) is 5.50. The first-order valence-electron chi connectivity index (χ1n) is 9.05. The number of hydrogen-bond donors (Lipinski definition) is 2. The zero-order valence-electron chi connectivity index (χ0n) is 16.3. The minimum absolute atomic E-state index is 0. The van der Waals surface area contributed by atoms with E-state index in [1.165, 1.54) is 0 Å². The summed E-state index contributed by atoms with van der Waals surface area (Å²) in [5, 5.41) is 6.53. The Morgan fingerprint density at radius 2 is 1.73 bits per heavy atom. The lowest BCUT2D eigenvalue weighted by Gasteiger charge is -2.39. The second kappa shape index (κ2) is 14.2. The van der Waals surface area contributed by atoms with E-state index < -0.39 is 0 Å². The van der Waals surface area contributed by atoms with Gasteiger partial charge in [0.15, 0.2) is 0 Å². The Kier molecular flexibility index (Phi) is 15.5. The van der Waals surface area contributed by atoms with Gasteiger partial charge in [0, 0.05) is 45.9 Å². The molecule has 9 heteroatoms. The van der Waals surface area contributed by atoms with Crippen molar-refractivity contribution in [2.45, 2.75) is 32.7 Å². The number of carbonyl (C=O) groups excluding carboxylic acids is 1. The predicted octanol–water partition coefficient (Wildman–Crippen LogP) is 1.41. The van der Waals surface area contributed by atoms with Crippen molar-refractivity contribution >= 4 is 43.1 Å². The number of nitrogens with zero attached hydrogens (tertiary/aromatic N) is 2. The van der Waals surface area contributed by atoms with Crippen LogP contribution in [0.15, 0.2) is 0 Å². The maximum Gasteiger partial charge on any atom is 0.228 e. The Labute approximate surface area is 177 Å². The highest BCUT2D eigenvalue weighted by Gasteiger charge is 2.39. The summed E-state index contributed by atoms with van der Waals surface area (Å²) in [5.41, 5.74) is -0.347. The van der Waals surface area contributed by atoms with E-state index in [0.717, 1.165) is 65.2 Å². The van der Waals surface area contributed by atoms with Gasteiger partial charge in [-0.25, -0.2) is 0 Å². The van der Waals surface area contributed by atoms with Gasteiger partial charge in [0.2, 0.25) is 5.91 Å². The van der Waals surface area contributed by atoms with Crippen molar-refractivity contribution in [3.05, 3.63) is 0 Å². The number of methoxy groups -OCH3 is 1. The van der Waals surface area contributed by atoms with Crippen LogP contribution in [0.3, 0.4) is 0 Å². The second-order valence-corrected chi connectivity index (χ2v) is 6.99. The second-order valence-electron chi connectivity index (χ2n) is 6.99. The molecule has 2 rings (SSSR count). The van der Waals surface area contributed by atoms with Crippen LogP contribution in [0, 0.1) is 5.41 Å². The van der Waals surface area contributed by atoms with E-state index in [0.29, 0.717) is 12.6 Å². The van der Waals surface area contributed by atoms with E-state index in [1.54, 1.807) is 7.11 Å². The fourth-order valence-electron chi connectivity index (χ4n) is 3.70. The average Bonchev–Trinajstić information content (AvgIpc) is 2.60. The van der Waals surface area contributed by atoms with Crippen molar-refractivity contribution in [1.82, 2.24) is 20.4 Å². The molecule has 2 heterocycles. The number of rotatable bonds is 7. The largest absolute Gasteiger partial charge is 0.384 e. The van der Waals surface area contributed by atoms with Gasteiger partial charge in [-0.3, -0.25) is 9.69 Å². The summed E-state index contributed by atoms with van der Waals surface area (Å²) in [4.78, 5) is 17.7. The van der Waals surface area contributed by atoms with Crippen molar-refractivity contribution in [3.63, 3.8) is 0 Å². The van der Waals surface area contributed by atoms with E-state index in [2.05, 4.69) is 34.3 Å². The number of likely N-dealkylation sites (N-methyl/N-ethyl adjacent to an activating group) is 1. The van der Waals surface area contributed by atoms with E-state index in [9.17, 15) is 4.79 Å². The molecule has 1 amide bonds. The third kappa shape index (κ3) is 7.66. The van der Waals surface area contributed by atoms with Crippen LogP contribution in [-0.2, 0) is 9.53 Å². The highest BCUT2D eigenvalue weighted by molar-refractivity contribution is 5.86. The molecule has 2 aliphatic heterocycles. The first kappa shape index (κ1) is 28.4. The normalized spacial score (nSPS) is 21.5. The van der Waals surface area contributed by atoms with E-state index >= 15 is 0 Å². The lowest BCUT2D eigenvalue weighted by molar-refractivity contribution is -0.136. The molecule has 2 N–H and O–H groups in total. The van der Waals surface area contributed by atoms with Gasteiger partial charge in [-0.05, 0) is 39.4 Å². The Hall–Kier alpha value is 0.180. The Morgan fingerprint density at radius 1 is 1.15 bits per heavy atom. The number of hydrogen-bond acceptors (Lipinski definition) is 5. The third-order valence-electron chi connectivity index (χ3n) is 5.50. The number of piperidine rings is 1. The molecule has 0 bridgehead atoms. The van der Waals surface area contributed by atoms with Gasteiger partial charge in [0.05, 0.1) is 12.0 Å². The van der Waals surface area contributed by atoms with Gasteiger partial charge >= 0.3 is 0 Å². The molecular formula is C17H37Cl3N4O2. The molecule has 0 saturated carbocycles. The van der Waals surface area contributed by atoms with Crippen LogP contribution >= 0.6 is 37.2 Å². The zero-order chi connectivity index (χ0) is 16.7. The maximum absolute atomic E-state index is 12.7. The van der Waals surface area contributed by atoms with Gasteiger partial charge in [-0.2, -0.15) is 0 Å². The molecule has 0 aromatic rings. The molecule has 1 unspecified atom stereocenters. The fraction of sp³-hybridized carbons (Fsp3) is 0.941. The van der Waals surface area contributed by atoms with Gasteiger partial charge in [-0.1, -0.05) is 6.92 Å². The van der Waals surface area contributed by atoms with E-state index in [1.807, 2.05) is 0 Å². The molecule has 0 radical (unpaired) electrons. The summed E-state index contributed by atoms with van der Waals surface area (Å²) < 4.78 is 5.35. The monoisotopic (exact) mass is 434 g/mol. The predicted molar refractivity (Wildman–Crippen MR) is 114 cm³/mol. The zero-order valence-corrected chi connectivity index (χ0v) is 18.7. The summed E-state index contributed by atoms with van der Waals surface area (Å²) >= 11 is 0. The van der Waals surface area contributed by atoms with Crippen molar-refractivity contribution in [3.8, 4) is 0 Å². The molecule has 0 aliphatic carbocycles. The standard InChI is InChI=1S/C17H34N4O2.3ClH/c1-4-20-9-11-21(12-10-20)15(2)13-19-16(22)17(14-23-3)5-7-18-8-6-17;;;/h15,18H,4-14H2,1-3H3,(H,19,22);3*1H. The van der Waals surface area contributed by atoms with Crippen LogP contribution in [0.25, 0.3) is 0 Å². The number of amides is 1. The Morgan fingerprint density at radius 3 is 2.23 bits per heavy atom. The molecule has 2 aliphatic rings. The van der Waals surface area contributed by atoms with Gasteiger partial charge in [0.1, 0.15) is 0 Å². The van der Waals surface area contributed by atoms with Crippen molar-refractivity contribution in [1.29, 1.82) is 0 Å². The first-order valence-corrected chi connectivity index (χ1v) is 9.05. The molecule has 1 atom stereocenters. The Balaban J connectivity index is 0. The van der Waals surface area contributed by atoms with Crippen molar-refractivity contribution in [2.24, 2.45) is 5.41 Å². The minimum atomic E-state index is -0.347. The molecular weight excluding hydrogens is 399 g/mol. The lowest BCUT2D eigenvalue weighted by atomic mass is 9.78. The Bertz CT molecular complexity index is 372. The summed E-state index contributed by atoms with van der Waals surface area (Å²) in [6.45, 7) is 13.1. The number of piperazine rings is 1. The number of ether oxygens (including phenoxy) is 1. The molecule has 0 spiro atoms. The molecule has 2 fully saturated rings. The van der Waals surface area contributed by atoms with E-state index in [4.69, 9.17) is 4.74 Å². The summed E-state index contributed by atoms with van der Waals surface area (Å²) in [5.74, 6) is 0.167. The van der Waals surface area contributed by atoms with Crippen LogP contribution in [0.2, 0.25) is 0 Å². The number of nitrogens with one attached hydrogen (secondary N) is 2. The minimum Gasteiger partial charge on any atom is -0.384 e. The summed E-state index contributed by atoms with van der Waals surface area (Å²) in [7, 11) is 1.69. The summed E-state index contributed by atoms with van der Waals surface area (Å²) in [6.07, 6.45) is 1.71. The number of carbonyl (C=O) groups is 1. The van der Waals surface area contributed by atoms with Crippen LogP contribution in [-0.4, -0.2) is 87.8 Å². The highest BCUT2D eigenvalue weighted by Crippen LogP contribution is 2.29. The summed E-state index contributed by atoms with van der Waals surface area (Å²) in [6, 6.07) is 0.388. The molecule has 26 heavy (non-hydrogen) atoms.